The number of ether oxygens (including phenoxy) is 2. The number of aliphatic carboxylic acids is 1. The fraction of sp³-hybridized carbons (Fsp3) is 0.818. The Morgan fingerprint density at radius 2 is 2.33 bits per heavy atom. The predicted octanol–water partition coefficient (Wildman–Crippen LogP) is -0.948. The molecule has 104 valence electrons. The molecule has 0 aromatic heterocycles. The fourth-order valence-electron chi connectivity index (χ4n) is 1.85. The lowest BCUT2D eigenvalue weighted by molar-refractivity contribution is -0.148. The van der Waals surface area contributed by atoms with Gasteiger partial charge in [0, 0.05) is 26.7 Å². The van der Waals surface area contributed by atoms with Crippen molar-refractivity contribution < 1.29 is 24.2 Å². The molecular weight excluding hydrogens is 240 g/mol. The van der Waals surface area contributed by atoms with Crippen LogP contribution in [0.3, 0.4) is 0 Å². The van der Waals surface area contributed by atoms with Gasteiger partial charge in [-0.1, -0.05) is 0 Å². The lowest BCUT2D eigenvalue weighted by atomic mass is 10.1. The van der Waals surface area contributed by atoms with Gasteiger partial charge in [0.2, 0.25) is 5.91 Å². The van der Waals surface area contributed by atoms with Gasteiger partial charge in [0.1, 0.15) is 0 Å². The molecule has 2 unspecified atom stereocenters. The molecule has 7 heteroatoms. The first-order valence-electron chi connectivity index (χ1n) is 5.90. The van der Waals surface area contributed by atoms with Crippen molar-refractivity contribution in [1.29, 1.82) is 0 Å². The highest BCUT2D eigenvalue weighted by molar-refractivity contribution is 5.77. The Morgan fingerprint density at radius 1 is 1.61 bits per heavy atom. The molecule has 0 bridgehead atoms. The normalized spacial score (nSPS) is 21.7. The molecule has 1 saturated heterocycles. The topological polar surface area (TPSA) is 102 Å². The molecule has 1 aliphatic heterocycles. The second-order valence-corrected chi connectivity index (χ2v) is 4.23. The molecule has 1 rings (SSSR count). The molecule has 0 aromatic rings. The van der Waals surface area contributed by atoms with Crippen LogP contribution >= 0.6 is 0 Å². The Morgan fingerprint density at radius 3 is 2.89 bits per heavy atom. The summed E-state index contributed by atoms with van der Waals surface area (Å²) in [6, 6.07) is 0. The first-order valence-corrected chi connectivity index (χ1v) is 5.90. The largest absolute Gasteiger partial charge is 0.481 e. The maximum atomic E-state index is 11.9. The van der Waals surface area contributed by atoms with E-state index in [0.29, 0.717) is 19.7 Å². The van der Waals surface area contributed by atoms with Gasteiger partial charge in [-0.15, -0.1) is 0 Å². The van der Waals surface area contributed by atoms with Crippen molar-refractivity contribution in [3.8, 4) is 0 Å². The fourth-order valence-corrected chi connectivity index (χ4v) is 1.85. The van der Waals surface area contributed by atoms with E-state index in [-0.39, 0.29) is 31.4 Å². The summed E-state index contributed by atoms with van der Waals surface area (Å²) in [6.07, 6.45) is -0.599. The molecule has 0 aromatic carbocycles. The Kier molecular flexibility index (Phi) is 6.03. The number of carboxylic acids is 1. The first-order chi connectivity index (χ1) is 8.56. The van der Waals surface area contributed by atoms with Crippen LogP contribution in [0.25, 0.3) is 0 Å². The van der Waals surface area contributed by atoms with E-state index in [1.54, 1.807) is 4.90 Å². The quantitative estimate of drug-likeness (QED) is 0.638. The highest BCUT2D eigenvalue weighted by Crippen LogP contribution is 2.11. The van der Waals surface area contributed by atoms with Crippen LogP contribution in [0.1, 0.15) is 12.8 Å². The molecule has 1 fully saturated rings. The van der Waals surface area contributed by atoms with Gasteiger partial charge in [-0.05, 0) is 0 Å². The molecule has 1 aliphatic rings. The number of nitrogens with two attached hydrogens (primary N) is 1. The van der Waals surface area contributed by atoms with Gasteiger partial charge in [0.05, 0.1) is 31.7 Å². The number of rotatable bonds is 6. The average Bonchev–Trinajstić information content (AvgIpc) is 2.35. The van der Waals surface area contributed by atoms with Crippen LogP contribution in [0, 0.1) is 0 Å². The number of carboxylic acid groups (broad SMARTS) is 1. The van der Waals surface area contributed by atoms with E-state index in [4.69, 9.17) is 20.3 Å². The van der Waals surface area contributed by atoms with Gasteiger partial charge in [-0.2, -0.15) is 0 Å². The Balaban J connectivity index is 2.45. The zero-order valence-electron chi connectivity index (χ0n) is 10.5. The Hall–Kier alpha value is -1.18. The van der Waals surface area contributed by atoms with Gasteiger partial charge < -0.3 is 25.2 Å². The Bertz CT molecular complexity index is 293. The summed E-state index contributed by atoms with van der Waals surface area (Å²) < 4.78 is 10.4. The number of carbonyl (C=O) groups is 2. The number of morpholine rings is 1. The second-order valence-electron chi connectivity index (χ2n) is 4.23. The summed E-state index contributed by atoms with van der Waals surface area (Å²) in [7, 11) is 1.51. The molecule has 0 radical (unpaired) electrons. The minimum Gasteiger partial charge on any atom is -0.481 e. The van der Waals surface area contributed by atoms with Gasteiger partial charge >= 0.3 is 5.97 Å². The van der Waals surface area contributed by atoms with Crippen LogP contribution in [0.15, 0.2) is 0 Å². The van der Waals surface area contributed by atoms with Gasteiger partial charge in [-0.3, -0.25) is 9.59 Å². The standard InChI is InChI=1S/C11H20N2O5/c1-17-8(6-12)4-10(14)13-2-3-18-9(7-13)5-11(15)16/h8-9H,2-7,12H2,1H3,(H,15,16). The lowest BCUT2D eigenvalue weighted by Gasteiger charge is -2.33. The van der Waals surface area contributed by atoms with Crippen LogP contribution in [0.2, 0.25) is 0 Å². The number of methoxy groups -OCH3 is 1. The summed E-state index contributed by atoms with van der Waals surface area (Å²) in [5, 5.41) is 8.69. The smallest absolute Gasteiger partial charge is 0.306 e. The third kappa shape index (κ3) is 4.59. The van der Waals surface area contributed by atoms with E-state index in [9.17, 15) is 9.59 Å². The van der Waals surface area contributed by atoms with Crippen molar-refractivity contribution in [3.63, 3.8) is 0 Å². The van der Waals surface area contributed by atoms with E-state index in [1.807, 2.05) is 0 Å². The SMILES string of the molecule is COC(CN)CC(=O)N1CCOC(CC(=O)O)C1. The van der Waals surface area contributed by atoms with Gasteiger partial charge in [-0.25, -0.2) is 0 Å². The number of hydrogen-bond donors (Lipinski definition) is 2. The van der Waals surface area contributed by atoms with Crippen molar-refractivity contribution in [3.05, 3.63) is 0 Å². The number of amides is 1. The van der Waals surface area contributed by atoms with E-state index >= 15 is 0 Å². The molecule has 1 heterocycles. The zero-order valence-corrected chi connectivity index (χ0v) is 10.5. The molecule has 0 saturated carbocycles. The maximum Gasteiger partial charge on any atom is 0.306 e. The van der Waals surface area contributed by atoms with Crippen molar-refractivity contribution in [2.75, 3.05) is 33.4 Å². The molecule has 0 aliphatic carbocycles. The van der Waals surface area contributed by atoms with E-state index in [0.717, 1.165) is 0 Å². The molecule has 0 spiro atoms. The minimum atomic E-state index is -0.925. The van der Waals surface area contributed by atoms with Gasteiger partial charge in [0.15, 0.2) is 0 Å². The highest BCUT2D eigenvalue weighted by atomic mass is 16.5. The Labute approximate surface area is 106 Å². The zero-order chi connectivity index (χ0) is 13.5. The summed E-state index contributed by atoms with van der Waals surface area (Å²) >= 11 is 0. The van der Waals surface area contributed by atoms with Crippen molar-refractivity contribution in [2.45, 2.75) is 25.0 Å². The maximum absolute atomic E-state index is 11.9. The van der Waals surface area contributed by atoms with Crippen LogP contribution in [0.5, 0.6) is 0 Å². The summed E-state index contributed by atoms with van der Waals surface area (Å²) in [5.41, 5.74) is 5.46. The third-order valence-corrected chi connectivity index (χ3v) is 2.89. The van der Waals surface area contributed by atoms with Crippen molar-refractivity contribution >= 4 is 11.9 Å². The van der Waals surface area contributed by atoms with Crippen LogP contribution in [-0.2, 0) is 19.1 Å². The number of nitrogens with zero attached hydrogens (tertiary/aromatic N) is 1. The van der Waals surface area contributed by atoms with Crippen LogP contribution in [-0.4, -0.2) is 67.4 Å². The average molecular weight is 260 g/mol. The number of carbonyl (C=O) groups excluding carboxylic acids is 1. The molecule has 2 atom stereocenters. The molecule has 3 N–H and O–H groups in total. The van der Waals surface area contributed by atoms with Crippen LogP contribution in [0.4, 0.5) is 0 Å². The predicted molar refractivity (Wildman–Crippen MR) is 63.0 cm³/mol. The monoisotopic (exact) mass is 260 g/mol. The van der Waals surface area contributed by atoms with Crippen molar-refractivity contribution in [1.82, 2.24) is 4.90 Å². The molecule has 1 amide bonds. The lowest BCUT2D eigenvalue weighted by Crippen LogP contribution is -2.47. The number of hydrogen-bond acceptors (Lipinski definition) is 5. The second kappa shape index (κ2) is 7.30. The molecule has 18 heavy (non-hydrogen) atoms. The first kappa shape index (κ1) is 14.9. The van der Waals surface area contributed by atoms with Crippen molar-refractivity contribution in [2.24, 2.45) is 5.73 Å². The molecule has 7 nitrogen and oxygen atoms in total. The highest BCUT2D eigenvalue weighted by Gasteiger charge is 2.26. The van der Waals surface area contributed by atoms with Crippen LogP contribution < -0.4 is 5.73 Å². The summed E-state index contributed by atoms with van der Waals surface area (Å²) in [5.74, 6) is -1.00. The van der Waals surface area contributed by atoms with Gasteiger partial charge in [0.25, 0.3) is 0 Å². The van der Waals surface area contributed by atoms with E-state index in [2.05, 4.69) is 0 Å². The minimum absolute atomic E-state index is 0.0778. The molecular formula is C11H20N2O5. The third-order valence-electron chi connectivity index (χ3n) is 2.89. The summed E-state index contributed by atoms with van der Waals surface area (Å²) in [4.78, 5) is 24.1. The van der Waals surface area contributed by atoms with E-state index < -0.39 is 12.1 Å². The summed E-state index contributed by atoms with van der Waals surface area (Å²) in [6.45, 7) is 1.44. The van der Waals surface area contributed by atoms with E-state index in [1.165, 1.54) is 7.11 Å².